The highest BCUT2D eigenvalue weighted by Gasteiger charge is 2.41. The largest absolute Gasteiger partial charge is 0.491 e. The Morgan fingerprint density at radius 2 is 0.351 bits per heavy atom. The quantitative estimate of drug-likeness (QED) is 0.0301. The van der Waals surface area contributed by atoms with E-state index in [0.717, 1.165) is 67.3 Å². The van der Waals surface area contributed by atoms with Crippen LogP contribution >= 0.6 is 0 Å². The van der Waals surface area contributed by atoms with Crippen LogP contribution in [0.4, 0.5) is 0 Å². The minimum Gasteiger partial charge on any atom is -0.491 e. The molecule has 2 heterocycles. The number of rotatable bonds is 26. The maximum Gasteiger partial charge on any atom is 0.119 e. The third-order valence-electron chi connectivity index (χ3n) is 22.5. The van der Waals surface area contributed by atoms with Gasteiger partial charge < -0.3 is 28.4 Å². The van der Waals surface area contributed by atoms with E-state index in [2.05, 4.69) is 379 Å². The van der Waals surface area contributed by atoms with Gasteiger partial charge in [-0.2, -0.15) is 0 Å². The first-order chi connectivity index (χ1) is 54.3. The summed E-state index contributed by atoms with van der Waals surface area (Å²) in [7, 11) is 0. The van der Waals surface area contributed by atoms with Crippen molar-refractivity contribution in [2.75, 3.05) is 52.9 Å². The molecule has 11 aromatic carbocycles. The van der Waals surface area contributed by atoms with Crippen LogP contribution in [0, 0.1) is 0 Å². The lowest BCUT2D eigenvalue weighted by Gasteiger charge is -2.38. The molecule has 0 bridgehead atoms. The van der Waals surface area contributed by atoms with Crippen LogP contribution in [0.3, 0.4) is 0 Å². The summed E-state index contributed by atoms with van der Waals surface area (Å²) >= 11 is 0. The SMILES string of the molecule is CC(C)(C)c1ccc(C(c2ccc(OCCOCCOc3ccc(-c4ccc5ccc6ccc(-c7ccc(OCCOCCOc8ccc(C(c9ccc(C(C)(C)C)cc9)(c9ccc(C(C)(C)C)cc9)c9ccc(C(C)(C)C)cc9)cc8)cc7)nc6c5n4)cc3)cc2)(c2ccc(C(C)(C)C)cc2)c2ccc(C(C)(C)C)cc2)cc1. The standard InChI is InChI=1S/C106H116N2O6/c1-99(2,3)77-27-39-83(40-28-77)105(84-41-29-78(30-42-84)100(4,5)6,85-43-31-79(32-44-85)101(7,8)9)89-51-59-93(60-52-89)113-71-67-109-65-69-111-91-55-21-73(22-56-91)95-63-25-75-19-20-76-26-64-96(108-98(76)97(75)107-95)74-23-57-92(58-24-74)112-70-66-110-68-72-114-94-61-53-90(54-62-94)106(86-45-33-80(34-46-86)102(10,11)12,87-47-35-81(36-48-87)103(13,14)15)88-49-37-82(38-50-88)104(16,17)18/h19-64H,65-72H2,1-18H3. The van der Waals surface area contributed by atoms with Crippen LogP contribution < -0.4 is 18.9 Å². The van der Waals surface area contributed by atoms with E-state index in [1.165, 1.54) is 77.9 Å². The smallest absolute Gasteiger partial charge is 0.119 e. The molecule has 0 amide bonds. The second-order valence-electron chi connectivity index (χ2n) is 36.8. The van der Waals surface area contributed by atoms with Crippen molar-refractivity contribution in [3.8, 4) is 45.5 Å². The molecule has 0 spiro atoms. The van der Waals surface area contributed by atoms with Crippen LogP contribution in [0.25, 0.3) is 44.3 Å². The topological polar surface area (TPSA) is 81.2 Å². The summed E-state index contributed by atoms with van der Waals surface area (Å²) in [6, 6.07) is 102. The first kappa shape index (κ1) is 81.4. The number of nitrogens with zero attached hydrogens (tertiary/aromatic N) is 2. The molecule has 0 unspecified atom stereocenters. The Balaban J connectivity index is 0.592. The van der Waals surface area contributed by atoms with Gasteiger partial charge in [-0.05, 0) is 195 Å². The molecule has 0 N–H and O–H groups in total. The lowest BCUT2D eigenvalue weighted by molar-refractivity contribution is 0.0764. The molecule has 0 saturated heterocycles. The minimum absolute atomic E-state index is 0.0194. The summed E-state index contributed by atoms with van der Waals surface area (Å²) in [5.41, 5.74) is 21.7. The van der Waals surface area contributed by atoms with E-state index < -0.39 is 10.8 Å². The summed E-state index contributed by atoms with van der Waals surface area (Å²) in [5, 5.41) is 2.04. The van der Waals surface area contributed by atoms with E-state index in [4.69, 9.17) is 38.4 Å². The van der Waals surface area contributed by atoms with Crippen LogP contribution in [-0.2, 0) is 52.8 Å². The molecule has 0 radical (unpaired) electrons. The van der Waals surface area contributed by atoms with Crippen LogP contribution in [-0.4, -0.2) is 62.8 Å². The van der Waals surface area contributed by atoms with Gasteiger partial charge in [0.15, 0.2) is 0 Å². The van der Waals surface area contributed by atoms with Gasteiger partial charge in [-0.3, -0.25) is 0 Å². The number of fused-ring (bicyclic) bond motifs is 3. The van der Waals surface area contributed by atoms with Crippen molar-refractivity contribution in [1.29, 1.82) is 0 Å². The molecule has 0 aliphatic carbocycles. The molecule has 8 heteroatoms. The minimum atomic E-state index is -0.606. The van der Waals surface area contributed by atoms with E-state index in [1.807, 2.05) is 24.3 Å². The van der Waals surface area contributed by atoms with Crippen molar-refractivity contribution in [3.05, 3.63) is 357 Å². The second kappa shape index (κ2) is 33.4. The van der Waals surface area contributed by atoms with Crippen molar-refractivity contribution in [1.82, 2.24) is 9.97 Å². The fraction of sp³-hybridized carbons (Fsp3) is 0.321. The maximum atomic E-state index is 6.33. The molecular formula is C106H116N2O6. The van der Waals surface area contributed by atoms with E-state index in [1.54, 1.807) is 0 Å². The molecule has 0 fully saturated rings. The molecule has 8 nitrogen and oxygen atoms in total. The van der Waals surface area contributed by atoms with Gasteiger partial charge in [0.05, 0.1) is 59.7 Å². The molecule has 0 saturated carbocycles. The van der Waals surface area contributed by atoms with Gasteiger partial charge in [-0.15, -0.1) is 0 Å². The zero-order valence-electron chi connectivity index (χ0n) is 70.6. The number of benzene rings is 11. The van der Waals surface area contributed by atoms with Crippen LogP contribution in [0.2, 0.25) is 0 Å². The predicted octanol–water partition coefficient (Wildman–Crippen LogP) is 25.6. The number of hydrogen-bond acceptors (Lipinski definition) is 8. The normalized spacial score (nSPS) is 12.6. The maximum absolute atomic E-state index is 6.33. The Kier molecular flexibility index (Phi) is 23.9. The molecule has 586 valence electrons. The van der Waals surface area contributed by atoms with Crippen molar-refractivity contribution in [2.24, 2.45) is 0 Å². The lowest BCUT2D eigenvalue weighted by atomic mass is 9.64. The summed E-state index contributed by atoms with van der Waals surface area (Å²) in [6.07, 6.45) is 0. The van der Waals surface area contributed by atoms with Crippen LogP contribution in [0.5, 0.6) is 23.0 Å². The zero-order chi connectivity index (χ0) is 80.9. The van der Waals surface area contributed by atoms with Crippen molar-refractivity contribution in [3.63, 3.8) is 0 Å². The number of aromatic nitrogens is 2. The predicted molar refractivity (Wildman–Crippen MR) is 473 cm³/mol. The van der Waals surface area contributed by atoms with E-state index in [0.29, 0.717) is 52.9 Å². The molecule has 0 aliphatic heterocycles. The van der Waals surface area contributed by atoms with Gasteiger partial charge in [0.2, 0.25) is 0 Å². The fourth-order valence-electron chi connectivity index (χ4n) is 15.5. The van der Waals surface area contributed by atoms with E-state index >= 15 is 0 Å². The fourth-order valence-corrected chi connectivity index (χ4v) is 15.5. The summed E-state index contributed by atoms with van der Waals surface area (Å²) in [6.45, 7) is 44.2. The van der Waals surface area contributed by atoms with Crippen LogP contribution in [0.1, 0.15) is 203 Å². The molecule has 0 atom stereocenters. The average Bonchev–Trinajstić information content (AvgIpc) is 0.732. The highest BCUT2D eigenvalue weighted by Crippen LogP contribution is 2.50. The Morgan fingerprint density at radius 3 is 0.544 bits per heavy atom. The molecular weight excluding hydrogens is 1400 g/mol. The van der Waals surface area contributed by atoms with Gasteiger partial charge in [-0.25, -0.2) is 9.97 Å². The number of ether oxygens (including phenoxy) is 6. The van der Waals surface area contributed by atoms with Gasteiger partial charge in [0.25, 0.3) is 0 Å². The Hall–Kier alpha value is -10.6. The van der Waals surface area contributed by atoms with Crippen molar-refractivity contribution < 1.29 is 28.4 Å². The first-order valence-electron chi connectivity index (χ1n) is 40.7. The lowest BCUT2D eigenvalue weighted by Crippen LogP contribution is -2.31. The Bertz CT molecular complexity index is 4720. The summed E-state index contributed by atoms with van der Waals surface area (Å²) in [4.78, 5) is 10.4. The van der Waals surface area contributed by atoms with Crippen LogP contribution in [0.15, 0.2) is 279 Å². The highest BCUT2D eigenvalue weighted by atomic mass is 16.5. The second-order valence-corrected chi connectivity index (χ2v) is 36.8. The third kappa shape index (κ3) is 18.3. The van der Waals surface area contributed by atoms with Crippen molar-refractivity contribution in [2.45, 2.75) is 168 Å². The Labute approximate surface area is 679 Å². The molecule has 114 heavy (non-hydrogen) atoms. The van der Waals surface area contributed by atoms with Gasteiger partial charge in [0, 0.05) is 21.9 Å². The first-order valence-corrected chi connectivity index (χ1v) is 40.7. The summed E-state index contributed by atoms with van der Waals surface area (Å²) in [5.74, 6) is 3.09. The molecule has 13 aromatic rings. The van der Waals surface area contributed by atoms with E-state index in [-0.39, 0.29) is 32.5 Å². The highest BCUT2D eigenvalue weighted by molar-refractivity contribution is 6.04. The average molecular weight is 1510 g/mol. The Morgan fingerprint density at radius 1 is 0.184 bits per heavy atom. The van der Waals surface area contributed by atoms with E-state index in [9.17, 15) is 0 Å². The molecule has 2 aromatic heterocycles. The van der Waals surface area contributed by atoms with Gasteiger partial charge in [-0.1, -0.05) is 319 Å². The number of pyridine rings is 2. The van der Waals surface area contributed by atoms with Crippen molar-refractivity contribution >= 4 is 21.8 Å². The third-order valence-corrected chi connectivity index (χ3v) is 22.5. The molecule has 13 rings (SSSR count). The van der Waals surface area contributed by atoms with Gasteiger partial charge in [0.1, 0.15) is 49.4 Å². The molecule has 0 aliphatic rings. The summed E-state index contributed by atoms with van der Waals surface area (Å²) < 4.78 is 37.1. The zero-order valence-corrected chi connectivity index (χ0v) is 70.6. The van der Waals surface area contributed by atoms with Gasteiger partial charge >= 0.3 is 0 Å². The number of hydrogen-bond donors (Lipinski definition) is 0. The monoisotopic (exact) mass is 1510 g/mol.